The summed E-state index contributed by atoms with van der Waals surface area (Å²) < 4.78 is 13.0. The summed E-state index contributed by atoms with van der Waals surface area (Å²) in [5.41, 5.74) is 2.02. The van der Waals surface area contributed by atoms with Crippen LogP contribution in [0.15, 0.2) is 108 Å². The molecule has 5 aromatic rings. The van der Waals surface area contributed by atoms with Gasteiger partial charge in [0.25, 0.3) is 5.56 Å². The second-order valence-corrected chi connectivity index (χ2v) is 7.80. The molecule has 180 valence electrons. The highest BCUT2D eigenvalue weighted by molar-refractivity contribution is 6.10. The fourth-order valence-corrected chi connectivity index (χ4v) is 3.59. The lowest BCUT2D eigenvalue weighted by Gasteiger charge is -2.12. The number of hydrogen-bond acceptors (Lipinski definition) is 6. The summed E-state index contributed by atoms with van der Waals surface area (Å²) in [6.07, 6.45) is 4.99. The number of pyridine rings is 2. The Morgan fingerprint density at radius 2 is 1.44 bits per heavy atom. The minimum Gasteiger partial charge on any atom is -0.489 e. The number of aromatic nitrogens is 3. The minimum absolute atomic E-state index is 0. The Bertz CT molecular complexity index is 1520. The van der Waals surface area contributed by atoms with Gasteiger partial charge >= 0.3 is 0 Å². The van der Waals surface area contributed by atoms with Gasteiger partial charge in [-0.1, -0.05) is 36.4 Å². The second-order valence-electron chi connectivity index (χ2n) is 7.80. The number of carbonyl (C=O) groups excluding carboxylic acids is 1. The van der Waals surface area contributed by atoms with E-state index in [2.05, 4.69) is 9.97 Å². The number of ketones is 1. The van der Waals surface area contributed by atoms with E-state index in [1.165, 1.54) is 4.40 Å². The zero-order chi connectivity index (χ0) is 24.0. The lowest BCUT2D eigenvalue weighted by atomic mass is 10.1. The van der Waals surface area contributed by atoms with Crippen LogP contribution in [0.25, 0.3) is 5.65 Å². The van der Waals surface area contributed by atoms with Crippen molar-refractivity contribution >= 4 is 23.8 Å². The Kier molecular flexibility index (Phi) is 7.72. The summed E-state index contributed by atoms with van der Waals surface area (Å²) in [6.45, 7) is 0.557. The quantitative estimate of drug-likeness (QED) is 0.282. The summed E-state index contributed by atoms with van der Waals surface area (Å²) in [5, 5.41) is 0. The van der Waals surface area contributed by atoms with E-state index in [0.717, 1.165) is 11.1 Å². The van der Waals surface area contributed by atoms with Gasteiger partial charge in [0, 0.05) is 24.2 Å². The maximum Gasteiger partial charge on any atom is 0.273 e. The third-order valence-electron chi connectivity index (χ3n) is 5.42. The number of halogens is 1. The monoisotopic (exact) mass is 499 g/mol. The second kappa shape index (κ2) is 11.3. The maximum absolute atomic E-state index is 13.5. The SMILES string of the molecule is Cl.O=C(c1ccc(OCc2ccncc2)cc1)c1c(OCc2ccccc2)nc2ccccn2c1=O. The molecule has 0 N–H and O–H groups in total. The first-order valence-corrected chi connectivity index (χ1v) is 11.0. The molecule has 0 fully saturated rings. The van der Waals surface area contributed by atoms with Gasteiger partial charge in [-0.05, 0) is 59.7 Å². The summed E-state index contributed by atoms with van der Waals surface area (Å²) >= 11 is 0. The summed E-state index contributed by atoms with van der Waals surface area (Å²) in [4.78, 5) is 35.2. The number of carbonyl (C=O) groups is 1. The molecule has 0 spiro atoms. The topological polar surface area (TPSA) is 82.8 Å². The van der Waals surface area contributed by atoms with Crippen LogP contribution in [0.1, 0.15) is 27.0 Å². The largest absolute Gasteiger partial charge is 0.489 e. The molecule has 7 nitrogen and oxygen atoms in total. The van der Waals surface area contributed by atoms with Crippen LogP contribution in [0.3, 0.4) is 0 Å². The first-order valence-electron chi connectivity index (χ1n) is 11.0. The van der Waals surface area contributed by atoms with Crippen molar-refractivity contribution in [3.63, 3.8) is 0 Å². The van der Waals surface area contributed by atoms with Crippen molar-refractivity contribution in [2.75, 3.05) is 0 Å². The van der Waals surface area contributed by atoms with Crippen LogP contribution >= 0.6 is 12.4 Å². The smallest absolute Gasteiger partial charge is 0.273 e. The number of rotatable bonds is 8. The fourth-order valence-electron chi connectivity index (χ4n) is 3.59. The molecule has 3 aromatic heterocycles. The van der Waals surface area contributed by atoms with Crippen molar-refractivity contribution in [2.24, 2.45) is 0 Å². The molecule has 0 saturated heterocycles. The lowest BCUT2D eigenvalue weighted by Crippen LogP contribution is -2.25. The molecule has 0 unspecified atom stereocenters. The molecular formula is C28H22ClN3O4. The van der Waals surface area contributed by atoms with Gasteiger partial charge in [-0.15, -0.1) is 12.4 Å². The average molecular weight is 500 g/mol. The molecule has 0 aliphatic heterocycles. The number of benzene rings is 2. The molecule has 5 rings (SSSR count). The molecule has 0 radical (unpaired) electrons. The van der Waals surface area contributed by atoms with E-state index in [4.69, 9.17) is 9.47 Å². The molecule has 0 bridgehead atoms. The Labute approximate surface area is 213 Å². The summed E-state index contributed by atoms with van der Waals surface area (Å²) in [6, 6.07) is 25.1. The van der Waals surface area contributed by atoms with Crippen molar-refractivity contribution in [3.05, 3.63) is 136 Å². The van der Waals surface area contributed by atoms with E-state index >= 15 is 0 Å². The van der Waals surface area contributed by atoms with E-state index in [9.17, 15) is 9.59 Å². The molecule has 0 aliphatic rings. The van der Waals surface area contributed by atoms with E-state index in [1.54, 1.807) is 61.1 Å². The van der Waals surface area contributed by atoms with E-state index in [1.807, 2.05) is 42.5 Å². The first kappa shape index (κ1) is 24.6. The zero-order valence-electron chi connectivity index (χ0n) is 19.1. The summed E-state index contributed by atoms with van der Waals surface area (Å²) in [5.74, 6) is 0.143. The van der Waals surface area contributed by atoms with Crippen LogP contribution in [0.2, 0.25) is 0 Å². The standard InChI is InChI=1S/C28H21N3O4.ClH/c32-26(22-9-11-23(12-10-22)34-18-21-13-15-29-16-14-21)25-27(35-19-20-6-2-1-3-7-20)30-24-8-4-5-17-31(24)28(25)33;/h1-17H,18-19H2;1H. The van der Waals surface area contributed by atoms with Crippen molar-refractivity contribution in [1.29, 1.82) is 0 Å². The third-order valence-corrected chi connectivity index (χ3v) is 5.42. The van der Waals surface area contributed by atoms with Gasteiger partial charge in [-0.2, -0.15) is 4.98 Å². The van der Waals surface area contributed by atoms with Gasteiger partial charge in [0.05, 0.1) is 0 Å². The van der Waals surface area contributed by atoms with Crippen LogP contribution < -0.4 is 15.0 Å². The van der Waals surface area contributed by atoms with Crippen LogP contribution in [0.4, 0.5) is 0 Å². The van der Waals surface area contributed by atoms with Gasteiger partial charge < -0.3 is 9.47 Å². The highest BCUT2D eigenvalue weighted by atomic mass is 35.5. The predicted octanol–water partition coefficient (Wildman–Crippen LogP) is 4.90. The Morgan fingerprint density at radius 3 is 2.19 bits per heavy atom. The van der Waals surface area contributed by atoms with Crippen LogP contribution in [0.5, 0.6) is 11.6 Å². The first-order chi connectivity index (χ1) is 17.2. The number of hydrogen-bond donors (Lipinski definition) is 0. The Balaban J connectivity index is 0.00000304. The Hall–Kier alpha value is -4.49. The van der Waals surface area contributed by atoms with Crippen molar-refractivity contribution in [2.45, 2.75) is 13.2 Å². The highest BCUT2D eigenvalue weighted by Crippen LogP contribution is 2.21. The van der Waals surface area contributed by atoms with E-state index in [0.29, 0.717) is 23.6 Å². The van der Waals surface area contributed by atoms with Crippen LogP contribution in [0, 0.1) is 0 Å². The van der Waals surface area contributed by atoms with Gasteiger partial charge in [0.15, 0.2) is 5.56 Å². The molecule has 8 heteroatoms. The average Bonchev–Trinajstić information content (AvgIpc) is 2.92. The van der Waals surface area contributed by atoms with E-state index < -0.39 is 11.3 Å². The molecule has 2 aromatic carbocycles. The Morgan fingerprint density at radius 1 is 0.778 bits per heavy atom. The van der Waals surface area contributed by atoms with Crippen molar-refractivity contribution in [1.82, 2.24) is 14.4 Å². The minimum atomic E-state index is -0.485. The number of fused-ring (bicyclic) bond motifs is 1. The van der Waals surface area contributed by atoms with Crippen LogP contribution in [-0.4, -0.2) is 20.2 Å². The zero-order valence-corrected chi connectivity index (χ0v) is 19.9. The molecule has 36 heavy (non-hydrogen) atoms. The summed E-state index contributed by atoms with van der Waals surface area (Å²) in [7, 11) is 0. The van der Waals surface area contributed by atoms with Gasteiger partial charge in [-0.3, -0.25) is 19.0 Å². The van der Waals surface area contributed by atoms with Crippen LogP contribution in [-0.2, 0) is 13.2 Å². The molecule has 0 aliphatic carbocycles. The van der Waals surface area contributed by atoms with Crippen molar-refractivity contribution in [3.8, 4) is 11.6 Å². The highest BCUT2D eigenvalue weighted by Gasteiger charge is 2.23. The van der Waals surface area contributed by atoms with Crippen molar-refractivity contribution < 1.29 is 14.3 Å². The molecule has 0 amide bonds. The van der Waals surface area contributed by atoms with E-state index in [-0.39, 0.29) is 30.5 Å². The molecule has 3 heterocycles. The van der Waals surface area contributed by atoms with Gasteiger partial charge in [0.1, 0.15) is 24.6 Å². The lowest BCUT2D eigenvalue weighted by molar-refractivity contribution is 0.103. The number of nitrogens with zero attached hydrogens (tertiary/aromatic N) is 3. The molecule has 0 saturated carbocycles. The molecule has 0 atom stereocenters. The third kappa shape index (κ3) is 5.42. The maximum atomic E-state index is 13.5. The normalized spacial score (nSPS) is 10.4. The predicted molar refractivity (Wildman–Crippen MR) is 138 cm³/mol. The van der Waals surface area contributed by atoms with Gasteiger partial charge in [-0.25, -0.2) is 0 Å². The number of ether oxygens (including phenoxy) is 2. The fraction of sp³-hybridized carbons (Fsp3) is 0.0714. The molecular weight excluding hydrogens is 478 g/mol. The van der Waals surface area contributed by atoms with Gasteiger partial charge in [0.2, 0.25) is 11.7 Å².